The van der Waals surface area contributed by atoms with Crippen LogP contribution in [0.25, 0.3) is 0 Å². The average molecular weight is 243 g/mol. The Morgan fingerprint density at radius 1 is 1.33 bits per heavy atom. The summed E-state index contributed by atoms with van der Waals surface area (Å²) in [5.74, 6) is 0. The van der Waals surface area contributed by atoms with Gasteiger partial charge in [-0.3, -0.25) is 0 Å². The summed E-state index contributed by atoms with van der Waals surface area (Å²) in [7, 11) is -3.55. The Hall–Kier alpha value is -1.33. The molecule has 0 saturated carbocycles. The number of hydrogen-bond donors (Lipinski definition) is 0. The lowest BCUT2D eigenvalue weighted by Crippen LogP contribution is -2.10. The van der Waals surface area contributed by atoms with Crippen LogP contribution >= 0.6 is 11.6 Å². The summed E-state index contributed by atoms with van der Waals surface area (Å²) in [6.07, 6.45) is 4.01. The predicted octanol–water partition coefficient (Wildman–Crippen LogP) is 1.77. The molecule has 0 aliphatic rings. The molecule has 0 saturated heterocycles. The molecule has 2 rings (SSSR count). The first-order valence-corrected chi connectivity index (χ1v) is 5.91. The lowest BCUT2D eigenvalue weighted by atomic mass is 10.4. The van der Waals surface area contributed by atoms with Gasteiger partial charge in [-0.2, -0.15) is 0 Å². The molecule has 78 valence electrons. The van der Waals surface area contributed by atoms with E-state index in [2.05, 4.69) is 4.98 Å². The summed E-state index contributed by atoms with van der Waals surface area (Å²) in [6, 6.07) is 6.10. The number of nitrogens with zero attached hydrogens (tertiary/aromatic N) is 2. The average Bonchev–Trinajstić information content (AvgIpc) is 2.71. The first kappa shape index (κ1) is 10.2. The topological polar surface area (TPSA) is 52.0 Å². The maximum absolute atomic E-state index is 11.9. The molecule has 0 atom stereocenters. The maximum Gasteiger partial charge on any atom is 0.268 e. The molecular formula is C9H7ClN2O2S. The van der Waals surface area contributed by atoms with Crippen LogP contribution in [0.2, 0.25) is 5.02 Å². The summed E-state index contributed by atoms with van der Waals surface area (Å²) < 4.78 is 24.9. The molecule has 0 N–H and O–H groups in total. The number of rotatable bonds is 2. The largest absolute Gasteiger partial charge is 0.268 e. The van der Waals surface area contributed by atoms with Crippen molar-refractivity contribution in [1.82, 2.24) is 8.96 Å². The lowest BCUT2D eigenvalue weighted by molar-refractivity contribution is 0.587. The van der Waals surface area contributed by atoms with Crippen LogP contribution in [-0.2, 0) is 10.0 Å². The van der Waals surface area contributed by atoms with Gasteiger partial charge >= 0.3 is 0 Å². The standard InChI is InChI=1S/C9H7ClN2O2S/c10-8-2-1-3-9(6-8)15(13,14)12-5-4-11-7-12/h1-7H. The number of benzene rings is 1. The Morgan fingerprint density at radius 3 is 2.73 bits per heavy atom. The van der Waals surface area contributed by atoms with Crippen LogP contribution in [0.5, 0.6) is 0 Å². The molecule has 0 aliphatic heterocycles. The van der Waals surface area contributed by atoms with Crippen molar-refractivity contribution >= 4 is 21.6 Å². The van der Waals surface area contributed by atoms with Crippen LogP contribution in [0.3, 0.4) is 0 Å². The number of aromatic nitrogens is 2. The van der Waals surface area contributed by atoms with Crippen molar-refractivity contribution in [2.75, 3.05) is 0 Å². The van der Waals surface area contributed by atoms with Gasteiger partial charge in [0.2, 0.25) is 0 Å². The van der Waals surface area contributed by atoms with Gasteiger partial charge in [0.15, 0.2) is 0 Å². The fourth-order valence-corrected chi connectivity index (χ4v) is 2.56. The Bertz CT molecular complexity index is 564. The monoisotopic (exact) mass is 242 g/mol. The molecule has 6 heteroatoms. The smallest absolute Gasteiger partial charge is 0.244 e. The van der Waals surface area contributed by atoms with Gasteiger partial charge in [0.1, 0.15) is 6.33 Å². The van der Waals surface area contributed by atoms with Crippen molar-refractivity contribution in [3.05, 3.63) is 48.0 Å². The summed E-state index contributed by atoms with van der Waals surface area (Å²) in [4.78, 5) is 3.83. The zero-order chi connectivity index (χ0) is 10.9. The van der Waals surface area contributed by atoms with E-state index in [1.807, 2.05) is 0 Å². The van der Waals surface area contributed by atoms with Crippen molar-refractivity contribution in [3.63, 3.8) is 0 Å². The highest BCUT2D eigenvalue weighted by Crippen LogP contribution is 2.17. The van der Waals surface area contributed by atoms with Gasteiger partial charge in [0.25, 0.3) is 10.0 Å². The highest BCUT2D eigenvalue weighted by Gasteiger charge is 2.15. The highest BCUT2D eigenvalue weighted by atomic mass is 35.5. The molecule has 1 aromatic carbocycles. The molecule has 0 radical (unpaired) electrons. The van der Waals surface area contributed by atoms with Gasteiger partial charge < -0.3 is 0 Å². The SMILES string of the molecule is O=S(=O)(c1cccc(Cl)c1)n1ccnc1. The number of halogens is 1. The van der Waals surface area contributed by atoms with Gasteiger partial charge in [-0.25, -0.2) is 17.4 Å². The minimum atomic E-state index is -3.55. The maximum atomic E-state index is 11.9. The van der Waals surface area contributed by atoms with E-state index >= 15 is 0 Å². The number of imidazole rings is 1. The Kier molecular flexibility index (Phi) is 2.50. The quantitative estimate of drug-likeness (QED) is 0.807. The molecule has 4 nitrogen and oxygen atoms in total. The normalized spacial score (nSPS) is 11.5. The van der Waals surface area contributed by atoms with Crippen LogP contribution in [0.4, 0.5) is 0 Å². The zero-order valence-electron chi connectivity index (χ0n) is 7.54. The molecule has 0 spiro atoms. The van der Waals surface area contributed by atoms with Crippen LogP contribution in [0.1, 0.15) is 0 Å². The van der Waals surface area contributed by atoms with Crippen molar-refractivity contribution in [2.45, 2.75) is 4.90 Å². The van der Waals surface area contributed by atoms with Gasteiger partial charge in [0, 0.05) is 17.4 Å². The Morgan fingerprint density at radius 2 is 2.13 bits per heavy atom. The second-order valence-electron chi connectivity index (χ2n) is 2.86. The van der Waals surface area contributed by atoms with Crippen LogP contribution in [-0.4, -0.2) is 17.4 Å². The van der Waals surface area contributed by atoms with E-state index in [1.165, 1.54) is 30.9 Å². The van der Waals surface area contributed by atoms with E-state index in [4.69, 9.17) is 11.6 Å². The molecule has 0 unspecified atom stereocenters. The van der Waals surface area contributed by atoms with Crippen LogP contribution < -0.4 is 0 Å². The van der Waals surface area contributed by atoms with Crippen LogP contribution in [0.15, 0.2) is 47.9 Å². The molecular weight excluding hydrogens is 236 g/mol. The summed E-state index contributed by atoms with van der Waals surface area (Å²) in [6.45, 7) is 0. The number of hydrogen-bond acceptors (Lipinski definition) is 3. The van der Waals surface area contributed by atoms with Crippen molar-refractivity contribution in [3.8, 4) is 0 Å². The molecule has 0 aliphatic carbocycles. The van der Waals surface area contributed by atoms with E-state index in [0.29, 0.717) is 5.02 Å². The molecule has 1 heterocycles. The van der Waals surface area contributed by atoms with Crippen LogP contribution in [0, 0.1) is 0 Å². The van der Waals surface area contributed by atoms with E-state index < -0.39 is 10.0 Å². The van der Waals surface area contributed by atoms with E-state index in [0.717, 1.165) is 3.97 Å². The minimum Gasteiger partial charge on any atom is -0.244 e. The first-order valence-electron chi connectivity index (χ1n) is 4.10. The third-order valence-electron chi connectivity index (χ3n) is 1.85. The minimum absolute atomic E-state index is 0.146. The first-order chi connectivity index (χ1) is 7.10. The summed E-state index contributed by atoms with van der Waals surface area (Å²) in [5, 5.41) is 0.385. The summed E-state index contributed by atoms with van der Waals surface area (Å²) >= 11 is 5.72. The molecule has 0 bridgehead atoms. The second-order valence-corrected chi connectivity index (χ2v) is 5.13. The van der Waals surface area contributed by atoms with E-state index in [9.17, 15) is 8.42 Å². The van der Waals surface area contributed by atoms with Crippen molar-refractivity contribution < 1.29 is 8.42 Å². The Labute approximate surface area is 92.2 Å². The molecule has 2 aromatic rings. The van der Waals surface area contributed by atoms with E-state index in [1.54, 1.807) is 12.1 Å². The second kappa shape index (κ2) is 3.67. The van der Waals surface area contributed by atoms with Gasteiger partial charge in [-0.05, 0) is 18.2 Å². The van der Waals surface area contributed by atoms with Crippen molar-refractivity contribution in [1.29, 1.82) is 0 Å². The third-order valence-corrected chi connectivity index (χ3v) is 3.71. The predicted molar refractivity (Wildman–Crippen MR) is 56.3 cm³/mol. The Balaban J connectivity index is 2.57. The summed E-state index contributed by atoms with van der Waals surface area (Å²) in [5.41, 5.74) is 0. The van der Waals surface area contributed by atoms with Gasteiger partial charge in [-0.15, -0.1) is 0 Å². The molecule has 0 fully saturated rings. The fourth-order valence-electron chi connectivity index (χ4n) is 1.14. The molecule has 15 heavy (non-hydrogen) atoms. The van der Waals surface area contributed by atoms with E-state index in [-0.39, 0.29) is 4.90 Å². The van der Waals surface area contributed by atoms with Crippen molar-refractivity contribution in [2.24, 2.45) is 0 Å². The third kappa shape index (κ3) is 1.88. The lowest BCUT2D eigenvalue weighted by Gasteiger charge is -2.04. The zero-order valence-corrected chi connectivity index (χ0v) is 9.11. The van der Waals surface area contributed by atoms with Gasteiger partial charge in [-0.1, -0.05) is 17.7 Å². The fraction of sp³-hybridized carbons (Fsp3) is 0. The molecule has 1 aromatic heterocycles. The molecule has 0 amide bonds. The highest BCUT2D eigenvalue weighted by molar-refractivity contribution is 7.90. The van der Waals surface area contributed by atoms with Gasteiger partial charge in [0.05, 0.1) is 4.90 Å².